The van der Waals surface area contributed by atoms with E-state index in [0.29, 0.717) is 0 Å². The number of benzene rings is 1. The molecular formula is C14H17NO5S. The van der Waals surface area contributed by atoms with Crippen LogP contribution < -0.4 is 0 Å². The summed E-state index contributed by atoms with van der Waals surface area (Å²) in [5, 5.41) is 0. The third-order valence-electron chi connectivity index (χ3n) is 2.55. The highest BCUT2D eigenvalue weighted by Crippen LogP contribution is 2.17. The lowest BCUT2D eigenvalue weighted by Crippen LogP contribution is -2.41. The van der Waals surface area contributed by atoms with Crippen molar-refractivity contribution in [2.45, 2.75) is 4.90 Å². The predicted molar refractivity (Wildman–Crippen MR) is 77.8 cm³/mol. The fourth-order valence-corrected chi connectivity index (χ4v) is 2.25. The standard InChI is InChI=1S/C14H17NO5S/c1-19-13(17)8-15(9-14(18)20-2)12(16)10-21-11-6-4-3-5-7-11/h3-7H,8-10H2,1-2H3. The Balaban J connectivity index is 2.61. The molecule has 0 atom stereocenters. The molecule has 7 heteroatoms. The summed E-state index contributed by atoms with van der Waals surface area (Å²) in [6.07, 6.45) is 0. The van der Waals surface area contributed by atoms with Crippen molar-refractivity contribution < 1.29 is 23.9 Å². The van der Waals surface area contributed by atoms with Crippen LogP contribution in [0.5, 0.6) is 0 Å². The molecule has 0 aromatic heterocycles. The highest BCUT2D eigenvalue weighted by molar-refractivity contribution is 8.00. The van der Waals surface area contributed by atoms with Crippen LogP contribution in [0, 0.1) is 0 Å². The van der Waals surface area contributed by atoms with Crippen LogP contribution in [0.4, 0.5) is 0 Å². The molecular weight excluding hydrogens is 294 g/mol. The van der Waals surface area contributed by atoms with E-state index < -0.39 is 11.9 Å². The number of rotatable bonds is 7. The van der Waals surface area contributed by atoms with Crippen LogP contribution >= 0.6 is 11.8 Å². The van der Waals surface area contributed by atoms with Crippen molar-refractivity contribution in [2.24, 2.45) is 0 Å². The van der Waals surface area contributed by atoms with E-state index in [1.165, 1.54) is 26.0 Å². The molecule has 1 amide bonds. The van der Waals surface area contributed by atoms with E-state index in [4.69, 9.17) is 0 Å². The second-order valence-corrected chi connectivity index (χ2v) is 5.05. The molecule has 0 spiro atoms. The van der Waals surface area contributed by atoms with E-state index in [1.807, 2.05) is 30.3 Å². The minimum absolute atomic E-state index is 0.123. The number of esters is 2. The molecule has 0 unspecified atom stereocenters. The number of hydrogen-bond acceptors (Lipinski definition) is 6. The van der Waals surface area contributed by atoms with Crippen LogP contribution in [0.25, 0.3) is 0 Å². The van der Waals surface area contributed by atoms with Gasteiger partial charge in [-0.25, -0.2) is 0 Å². The SMILES string of the molecule is COC(=O)CN(CC(=O)OC)C(=O)CSc1ccccc1. The topological polar surface area (TPSA) is 72.9 Å². The van der Waals surface area contributed by atoms with Gasteiger partial charge < -0.3 is 14.4 Å². The Morgan fingerprint density at radius 3 is 2.00 bits per heavy atom. The van der Waals surface area contributed by atoms with Gasteiger partial charge in [-0.2, -0.15) is 0 Å². The highest BCUT2D eigenvalue weighted by atomic mass is 32.2. The maximum Gasteiger partial charge on any atom is 0.325 e. The summed E-state index contributed by atoms with van der Waals surface area (Å²) in [4.78, 5) is 36.8. The zero-order chi connectivity index (χ0) is 15.7. The summed E-state index contributed by atoms with van der Waals surface area (Å²) in [5.41, 5.74) is 0. The molecule has 0 heterocycles. The fourth-order valence-electron chi connectivity index (χ4n) is 1.43. The molecule has 1 rings (SSSR count). The maximum atomic E-state index is 12.1. The normalized spacial score (nSPS) is 9.81. The van der Waals surface area contributed by atoms with Gasteiger partial charge in [-0.15, -0.1) is 11.8 Å². The van der Waals surface area contributed by atoms with Gasteiger partial charge in [0.2, 0.25) is 5.91 Å². The van der Waals surface area contributed by atoms with Gasteiger partial charge in [0.15, 0.2) is 0 Å². The Morgan fingerprint density at radius 2 is 1.52 bits per heavy atom. The van der Waals surface area contributed by atoms with Gasteiger partial charge in [0.05, 0.1) is 20.0 Å². The molecule has 0 fully saturated rings. The first-order chi connectivity index (χ1) is 10.1. The first-order valence-electron chi connectivity index (χ1n) is 6.16. The summed E-state index contributed by atoms with van der Waals surface area (Å²) in [5.74, 6) is -1.38. The highest BCUT2D eigenvalue weighted by Gasteiger charge is 2.20. The Hall–Kier alpha value is -2.02. The van der Waals surface area contributed by atoms with Gasteiger partial charge in [-0.3, -0.25) is 14.4 Å². The molecule has 0 bridgehead atoms. The Labute approximate surface area is 127 Å². The van der Waals surface area contributed by atoms with Gasteiger partial charge in [0, 0.05) is 4.90 Å². The zero-order valence-electron chi connectivity index (χ0n) is 11.9. The molecule has 0 N–H and O–H groups in total. The van der Waals surface area contributed by atoms with Gasteiger partial charge in [0.25, 0.3) is 0 Å². The molecule has 0 aliphatic carbocycles. The third kappa shape index (κ3) is 6.31. The van der Waals surface area contributed by atoms with Crippen LogP contribution in [-0.4, -0.2) is 55.8 Å². The van der Waals surface area contributed by atoms with Crippen molar-refractivity contribution in [3.05, 3.63) is 30.3 Å². The Kier molecular flexibility index (Phi) is 7.31. The molecule has 0 aliphatic heterocycles. The fraction of sp³-hybridized carbons (Fsp3) is 0.357. The van der Waals surface area contributed by atoms with Crippen LogP contribution in [0.2, 0.25) is 0 Å². The van der Waals surface area contributed by atoms with Gasteiger partial charge in [-0.1, -0.05) is 18.2 Å². The largest absolute Gasteiger partial charge is 0.468 e. The van der Waals surface area contributed by atoms with Crippen molar-refractivity contribution in [3.63, 3.8) is 0 Å². The van der Waals surface area contributed by atoms with Crippen LogP contribution in [0.1, 0.15) is 0 Å². The summed E-state index contributed by atoms with van der Waals surface area (Å²) in [6.45, 7) is -0.556. The predicted octanol–water partition coefficient (Wildman–Crippen LogP) is 0.953. The summed E-state index contributed by atoms with van der Waals surface area (Å²) >= 11 is 1.33. The first-order valence-corrected chi connectivity index (χ1v) is 7.14. The van der Waals surface area contributed by atoms with E-state index >= 15 is 0 Å². The van der Waals surface area contributed by atoms with E-state index in [2.05, 4.69) is 9.47 Å². The van der Waals surface area contributed by atoms with E-state index in [-0.39, 0.29) is 24.7 Å². The third-order valence-corrected chi connectivity index (χ3v) is 3.55. The summed E-state index contributed by atoms with van der Waals surface area (Å²) in [6, 6.07) is 9.37. The van der Waals surface area contributed by atoms with E-state index in [9.17, 15) is 14.4 Å². The van der Waals surface area contributed by atoms with Gasteiger partial charge >= 0.3 is 11.9 Å². The Bertz CT molecular complexity index is 473. The van der Waals surface area contributed by atoms with Crippen molar-refractivity contribution >= 4 is 29.6 Å². The lowest BCUT2D eigenvalue weighted by molar-refractivity contribution is -0.151. The second-order valence-electron chi connectivity index (χ2n) is 4.00. The molecule has 1 aromatic rings. The van der Waals surface area contributed by atoms with Crippen molar-refractivity contribution in [1.29, 1.82) is 0 Å². The number of hydrogen-bond donors (Lipinski definition) is 0. The lowest BCUT2D eigenvalue weighted by atomic mass is 10.4. The number of nitrogens with zero attached hydrogens (tertiary/aromatic N) is 1. The van der Waals surface area contributed by atoms with Crippen molar-refractivity contribution in [2.75, 3.05) is 33.1 Å². The summed E-state index contributed by atoms with van der Waals surface area (Å²) in [7, 11) is 2.45. The second kappa shape index (κ2) is 9.02. The average molecular weight is 311 g/mol. The van der Waals surface area contributed by atoms with Gasteiger partial charge in [-0.05, 0) is 12.1 Å². The number of methoxy groups -OCH3 is 2. The molecule has 0 radical (unpaired) electrons. The van der Waals surface area contributed by atoms with Crippen LogP contribution in [0.15, 0.2) is 35.2 Å². The molecule has 6 nitrogen and oxygen atoms in total. The van der Waals surface area contributed by atoms with E-state index in [1.54, 1.807) is 0 Å². The number of thioether (sulfide) groups is 1. The molecule has 0 saturated heterocycles. The lowest BCUT2D eigenvalue weighted by Gasteiger charge is -2.19. The first kappa shape index (κ1) is 17.0. The molecule has 0 aliphatic rings. The van der Waals surface area contributed by atoms with Crippen LogP contribution in [0.3, 0.4) is 0 Å². The summed E-state index contributed by atoms with van der Waals surface area (Å²) < 4.78 is 9.03. The zero-order valence-corrected chi connectivity index (χ0v) is 12.7. The molecule has 114 valence electrons. The van der Waals surface area contributed by atoms with Crippen molar-refractivity contribution in [1.82, 2.24) is 4.90 Å². The minimum Gasteiger partial charge on any atom is -0.468 e. The quantitative estimate of drug-likeness (QED) is 0.551. The van der Waals surface area contributed by atoms with E-state index in [0.717, 1.165) is 9.80 Å². The monoisotopic (exact) mass is 311 g/mol. The minimum atomic E-state index is -0.586. The van der Waals surface area contributed by atoms with Crippen molar-refractivity contribution in [3.8, 4) is 0 Å². The molecule has 21 heavy (non-hydrogen) atoms. The number of carbonyl (C=O) groups excluding carboxylic acids is 3. The number of carbonyl (C=O) groups is 3. The Morgan fingerprint density at radius 1 is 1.00 bits per heavy atom. The number of ether oxygens (including phenoxy) is 2. The maximum absolute atomic E-state index is 12.1. The number of amides is 1. The smallest absolute Gasteiger partial charge is 0.325 e. The molecule has 0 saturated carbocycles. The average Bonchev–Trinajstić information content (AvgIpc) is 2.52. The van der Waals surface area contributed by atoms with Crippen LogP contribution in [-0.2, 0) is 23.9 Å². The molecule has 1 aromatic carbocycles. The van der Waals surface area contributed by atoms with Gasteiger partial charge in [0.1, 0.15) is 13.1 Å².